The number of rotatable bonds is 7. The second-order valence-electron chi connectivity index (χ2n) is 4.24. The lowest BCUT2D eigenvalue weighted by molar-refractivity contribution is 0.320. The number of nitrogens with zero attached hydrogens (tertiary/aromatic N) is 2. The molecule has 0 aliphatic rings. The number of ether oxygens (including phenoxy) is 1. The van der Waals surface area contributed by atoms with Gasteiger partial charge in [0.25, 0.3) is 0 Å². The maximum Gasteiger partial charge on any atom is 0.191 e. The van der Waals surface area contributed by atoms with Crippen molar-refractivity contribution in [2.45, 2.75) is 13.5 Å². The summed E-state index contributed by atoms with van der Waals surface area (Å²) in [6, 6.07) is 7.87. The molecule has 2 N–H and O–H groups in total. The molecule has 2 heterocycles. The Morgan fingerprint density at radius 3 is 3.00 bits per heavy atom. The van der Waals surface area contributed by atoms with Gasteiger partial charge in [0.1, 0.15) is 12.4 Å². The van der Waals surface area contributed by atoms with Crippen molar-refractivity contribution >= 4 is 17.3 Å². The van der Waals surface area contributed by atoms with Gasteiger partial charge in [0.15, 0.2) is 5.96 Å². The highest BCUT2D eigenvalue weighted by Crippen LogP contribution is 2.09. The smallest absolute Gasteiger partial charge is 0.191 e. The number of hydrogen-bond acceptors (Lipinski definition) is 4. The Morgan fingerprint density at radius 2 is 2.29 bits per heavy atom. The minimum absolute atomic E-state index is 0.565. The first-order valence-electron chi connectivity index (χ1n) is 6.96. The van der Waals surface area contributed by atoms with Crippen molar-refractivity contribution in [1.29, 1.82) is 0 Å². The first-order valence-corrected chi connectivity index (χ1v) is 7.84. The van der Waals surface area contributed by atoms with Crippen molar-refractivity contribution in [2.24, 2.45) is 4.99 Å². The molecular weight excluding hydrogens is 284 g/mol. The lowest BCUT2D eigenvalue weighted by Crippen LogP contribution is -2.39. The molecular formula is C15H20N4OS. The van der Waals surface area contributed by atoms with Gasteiger partial charge >= 0.3 is 0 Å². The maximum atomic E-state index is 5.58. The summed E-state index contributed by atoms with van der Waals surface area (Å²) in [5.41, 5.74) is 0. The highest BCUT2D eigenvalue weighted by atomic mass is 32.1. The van der Waals surface area contributed by atoms with Crippen molar-refractivity contribution in [1.82, 2.24) is 15.6 Å². The van der Waals surface area contributed by atoms with Gasteiger partial charge in [-0.05, 0) is 30.5 Å². The van der Waals surface area contributed by atoms with E-state index in [4.69, 9.17) is 4.74 Å². The van der Waals surface area contributed by atoms with E-state index < -0.39 is 0 Å². The fourth-order valence-electron chi connectivity index (χ4n) is 1.67. The summed E-state index contributed by atoms with van der Waals surface area (Å²) in [6.45, 7) is 4.82. The molecule has 6 heteroatoms. The Labute approximate surface area is 129 Å². The van der Waals surface area contributed by atoms with E-state index in [0.717, 1.165) is 18.3 Å². The van der Waals surface area contributed by atoms with Crippen LogP contribution in [0.25, 0.3) is 0 Å². The van der Waals surface area contributed by atoms with E-state index in [1.54, 1.807) is 23.7 Å². The van der Waals surface area contributed by atoms with Crippen molar-refractivity contribution in [3.63, 3.8) is 0 Å². The number of hydrogen-bond donors (Lipinski definition) is 2. The highest BCUT2D eigenvalue weighted by molar-refractivity contribution is 7.09. The molecule has 5 nitrogen and oxygen atoms in total. The van der Waals surface area contributed by atoms with E-state index in [1.165, 1.54) is 4.88 Å². The largest absolute Gasteiger partial charge is 0.490 e. The Balaban J connectivity index is 1.73. The molecule has 0 amide bonds. The molecule has 0 fully saturated rings. The van der Waals surface area contributed by atoms with Crippen LogP contribution < -0.4 is 15.4 Å². The number of pyridine rings is 1. The summed E-state index contributed by atoms with van der Waals surface area (Å²) in [6.07, 6.45) is 3.43. The average molecular weight is 304 g/mol. The molecule has 0 spiro atoms. The summed E-state index contributed by atoms with van der Waals surface area (Å²) < 4.78 is 5.58. The van der Waals surface area contributed by atoms with E-state index in [0.29, 0.717) is 19.7 Å². The van der Waals surface area contributed by atoms with Gasteiger partial charge in [0, 0.05) is 17.6 Å². The fraction of sp³-hybridized carbons (Fsp3) is 0.333. The predicted molar refractivity (Wildman–Crippen MR) is 86.9 cm³/mol. The van der Waals surface area contributed by atoms with E-state index in [9.17, 15) is 0 Å². The molecule has 0 aliphatic heterocycles. The van der Waals surface area contributed by atoms with Gasteiger partial charge in [-0.3, -0.25) is 4.98 Å². The SMILES string of the molecule is CCNC(=NCc1cccs1)NCCOc1cccnc1. The number of guanidine groups is 1. The lowest BCUT2D eigenvalue weighted by Gasteiger charge is -2.11. The van der Waals surface area contributed by atoms with Gasteiger partial charge in [-0.2, -0.15) is 0 Å². The molecule has 0 saturated heterocycles. The average Bonchev–Trinajstić information content (AvgIpc) is 3.03. The molecule has 0 radical (unpaired) electrons. The Hall–Kier alpha value is -2.08. The van der Waals surface area contributed by atoms with Crippen LogP contribution in [-0.2, 0) is 6.54 Å². The van der Waals surface area contributed by atoms with Gasteiger partial charge in [-0.25, -0.2) is 4.99 Å². The summed E-state index contributed by atoms with van der Waals surface area (Å²) >= 11 is 1.71. The molecule has 2 aromatic rings. The van der Waals surface area contributed by atoms with E-state index in [2.05, 4.69) is 39.0 Å². The van der Waals surface area contributed by atoms with Crippen LogP contribution in [0.2, 0.25) is 0 Å². The molecule has 0 saturated carbocycles. The molecule has 2 aromatic heterocycles. The minimum atomic E-state index is 0.565. The number of aliphatic imine (C=N–C) groups is 1. The van der Waals surface area contributed by atoms with Crippen LogP contribution in [0.5, 0.6) is 5.75 Å². The Kier molecular flexibility index (Phi) is 6.54. The Morgan fingerprint density at radius 1 is 1.33 bits per heavy atom. The molecule has 0 aliphatic carbocycles. The summed E-state index contributed by atoms with van der Waals surface area (Å²) in [5, 5.41) is 8.53. The predicted octanol–water partition coefficient (Wildman–Crippen LogP) is 2.28. The van der Waals surface area contributed by atoms with Gasteiger partial charge in [0.05, 0.1) is 19.3 Å². The number of nitrogens with one attached hydrogen (secondary N) is 2. The van der Waals surface area contributed by atoms with Crippen LogP contribution in [0.4, 0.5) is 0 Å². The van der Waals surface area contributed by atoms with Crippen molar-refractivity contribution in [3.8, 4) is 5.75 Å². The zero-order chi connectivity index (χ0) is 14.8. The summed E-state index contributed by atoms with van der Waals surface area (Å²) in [7, 11) is 0. The number of aromatic nitrogens is 1. The van der Waals surface area contributed by atoms with Gasteiger partial charge in [-0.15, -0.1) is 11.3 Å². The van der Waals surface area contributed by atoms with E-state index in [1.807, 2.05) is 18.2 Å². The maximum absolute atomic E-state index is 5.58. The van der Waals surface area contributed by atoms with Crippen LogP contribution in [-0.4, -0.2) is 30.6 Å². The molecule has 0 atom stereocenters. The standard InChI is InChI=1S/C15H20N4OS/c1-2-17-15(19-12-14-6-4-10-21-14)18-8-9-20-13-5-3-7-16-11-13/h3-7,10-11H,2,8-9,12H2,1H3,(H2,17,18,19). The third-order valence-electron chi connectivity index (χ3n) is 2.61. The third kappa shape index (κ3) is 5.83. The van der Waals surface area contributed by atoms with Crippen molar-refractivity contribution < 1.29 is 4.74 Å². The topological polar surface area (TPSA) is 58.5 Å². The molecule has 2 rings (SSSR count). The van der Waals surface area contributed by atoms with Gasteiger partial charge in [0.2, 0.25) is 0 Å². The van der Waals surface area contributed by atoms with Crippen molar-refractivity contribution in [2.75, 3.05) is 19.7 Å². The first-order chi connectivity index (χ1) is 10.4. The van der Waals surface area contributed by atoms with Crippen molar-refractivity contribution in [3.05, 3.63) is 46.9 Å². The Bertz CT molecular complexity index is 528. The second kappa shape index (κ2) is 8.97. The molecule has 0 bridgehead atoms. The fourth-order valence-corrected chi connectivity index (χ4v) is 2.30. The van der Waals surface area contributed by atoms with E-state index >= 15 is 0 Å². The van der Waals surface area contributed by atoms with Gasteiger partial charge < -0.3 is 15.4 Å². The molecule has 21 heavy (non-hydrogen) atoms. The summed E-state index contributed by atoms with van der Waals surface area (Å²) in [4.78, 5) is 9.79. The minimum Gasteiger partial charge on any atom is -0.490 e. The van der Waals surface area contributed by atoms with Crippen LogP contribution in [0.1, 0.15) is 11.8 Å². The van der Waals surface area contributed by atoms with Crippen LogP contribution in [0.15, 0.2) is 47.0 Å². The normalized spacial score (nSPS) is 11.2. The third-order valence-corrected chi connectivity index (χ3v) is 3.48. The number of thiophene rings is 1. The zero-order valence-corrected chi connectivity index (χ0v) is 12.9. The second-order valence-corrected chi connectivity index (χ2v) is 5.27. The van der Waals surface area contributed by atoms with Crippen LogP contribution >= 0.6 is 11.3 Å². The molecule has 112 valence electrons. The molecule has 0 unspecified atom stereocenters. The molecule has 0 aromatic carbocycles. The lowest BCUT2D eigenvalue weighted by atomic mass is 10.5. The monoisotopic (exact) mass is 304 g/mol. The van der Waals surface area contributed by atoms with Crippen LogP contribution in [0.3, 0.4) is 0 Å². The van der Waals surface area contributed by atoms with Crippen LogP contribution in [0, 0.1) is 0 Å². The van der Waals surface area contributed by atoms with Gasteiger partial charge in [-0.1, -0.05) is 6.07 Å². The summed E-state index contributed by atoms with van der Waals surface area (Å²) in [5.74, 6) is 1.58. The first kappa shape index (κ1) is 15.3. The van der Waals surface area contributed by atoms with E-state index in [-0.39, 0.29) is 0 Å². The highest BCUT2D eigenvalue weighted by Gasteiger charge is 1.98. The quantitative estimate of drug-likeness (QED) is 0.468. The zero-order valence-electron chi connectivity index (χ0n) is 12.1.